The van der Waals surface area contributed by atoms with Crippen molar-refractivity contribution in [3.63, 3.8) is 0 Å². The minimum absolute atomic E-state index is 0.0403. The van der Waals surface area contributed by atoms with Crippen molar-refractivity contribution >= 4 is 34.5 Å². The number of carbonyl (C=O) groups is 3. The summed E-state index contributed by atoms with van der Waals surface area (Å²) < 4.78 is 16.1. The predicted molar refractivity (Wildman–Crippen MR) is 145 cm³/mol. The molecule has 198 valence electrons. The first-order chi connectivity index (χ1) is 18.8. The van der Waals surface area contributed by atoms with Crippen LogP contribution in [0.1, 0.15) is 73.8 Å². The van der Waals surface area contributed by atoms with Gasteiger partial charge in [-0.05, 0) is 67.4 Å². The van der Waals surface area contributed by atoms with E-state index in [1.807, 2.05) is 19.9 Å². The molecule has 0 fully saturated rings. The SMILES string of the molecule is CCCCOC(=O)c1ccc(N2C(=O)c3oc4ccc(C)cc4c(=O)c3C2c2ccc(C(=O)OC)cc2)cc1. The number of nitrogens with zero attached hydrogens (tertiary/aromatic N) is 1. The maximum Gasteiger partial charge on any atom is 0.338 e. The van der Waals surface area contributed by atoms with Crippen molar-refractivity contribution in [3.05, 3.63) is 111 Å². The lowest BCUT2D eigenvalue weighted by atomic mass is 9.97. The Morgan fingerprint density at radius 3 is 2.26 bits per heavy atom. The van der Waals surface area contributed by atoms with Crippen LogP contribution in [0.4, 0.5) is 5.69 Å². The molecule has 0 saturated carbocycles. The van der Waals surface area contributed by atoms with Crippen LogP contribution < -0.4 is 10.3 Å². The van der Waals surface area contributed by atoms with Gasteiger partial charge in [0.15, 0.2) is 5.43 Å². The average Bonchev–Trinajstić information content (AvgIpc) is 3.25. The first-order valence-electron chi connectivity index (χ1n) is 12.7. The highest BCUT2D eigenvalue weighted by Crippen LogP contribution is 2.41. The van der Waals surface area contributed by atoms with E-state index in [1.165, 1.54) is 12.0 Å². The molecule has 0 saturated heterocycles. The zero-order valence-corrected chi connectivity index (χ0v) is 21.9. The van der Waals surface area contributed by atoms with Gasteiger partial charge in [0.1, 0.15) is 5.58 Å². The van der Waals surface area contributed by atoms with Gasteiger partial charge in [-0.3, -0.25) is 14.5 Å². The number of anilines is 1. The summed E-state index contributed by atoms with van der Waals surface area (Å²) in [5, 5.41) is 0.379. The van der Waals surface area contributed by atoms with Crippen LogP contribution in [-0.2, 0) is 9.47 Å². The molecular formula is C31H27NO7. The molecule has 39 heavy (non-hydrogen) atoms. The number of carbonyl (C=O) groups excluding carboxylic acids is 3. The van der Waals surface area contributed by atoms with Crippen molar-refractivity contribution in [3.8, 4) is 0 Å². The molecule has 5 rings (SSSR count). The molecule has 3 aromatic carbocycles. The van der Waals surface area contributed by atoms with Gasteiger partial charge in [-0.2, -0.15) is 0 Å². The largest absolute Gasteiger partial charge is 0.465 e. The third-order valence-corrected chi connectivity index (χ3v) is 6.79. The van der Waals surface area contributed by atoms with Gasteiger partial charge in [0.05, 0.1) is 41.8 Å². The summed E-state index contributed by atoms with van der Waals surface area (Å²) in [6.45, 7) is 4.22. The molecule has 0 bridgehead atoms. The number of methoxy groups -OCH3 is 1. The number of benzene rings is 3. The fourth-order valence-corrected chi connectivity index (χ4v) is 4.74. The van der Waals surface area contributed by atoms with Crippen molar-refractivity contribution in [1.29, 1.82) is 0 Å². The number of ether oxygens (including phenoxy) is 2. The van der Waals surface area contributed by atoms with Gasteiger partial charge in [0, 0.05) is 5.69 Å². The third-order valence-electron chi connectivity index (χ3n) is 6.79. The Bertz CT molecular complexity index is 1640. The number of fused-ring (bicyclic) bond motifs is 2. The highest BCUT2D eigenvalue weighted by molar-refractivity contribution is 6.11. The molecule has 1 aliphatic heterocycles. The van der Waals surface area contributed by atoms with E-state index in [9.17, 15) is 19.2 Å². The maximum absolute atomic E-state index is 13.8. The highest BCUT2D eigenvalue weighted by Gasteiger charge is 2.43. The summed E-state index contributed by atoms with van der Waals surface area (Å²) >= 11 is 0. The van der Waals surface area contributed by atoms with Crippen LogP contribution in [0.25, 0.3) is 11.0 Å². The summed E-state index contributed by atoms with van der Waals surface area (Å²) in [5.41, 5.74) is 2.89. The van der Waals surface area contributed by atoms with Crippen molar-refractivity contribution in [2.24, 2.45) is 0 Å². The first kappa shape index (κ1) is 25.9. The molecule has 1 aliphatic rings. The number of unbranched alkanes of at least 4 members (excludes halogenated alkanes) is 1. The molecule has 1 unspecified atom stereocenters. The van der Waals surface area contributed by atoms with Crippen LogP contribution >= 0.6 is 0 Å². The van der Waals surface area contributed by atoms with Gasteiger partial charge in [-0.25, -0.2) is 9.59 Å². The summed E-state index contributed by atoms with van der Waals surface area (Å²) in [4.78, 5) is 53.5. The van der Waals surface area contributed by atoms with Crippen molar-refractivity contribution in [1.82, 2.24) is 0 Å². The number of hydrogen-bond acceptors (Lipinski definition) is 7. The van der Waals surface area contributed by atoms with Gasteiger partial charge >= 0.3 is 11.9 Å². The molecule has 8 nitrogen and oxygen atoms in total. The van der Waals surface area contributed by atoms with E-state index < -0.39 is 23.9 Å². The zero-order valence-electron chi connectivity index (χ0n) is 21.9. The smallest absolute Gasteiger partial charge is 0.338 e. The van der Waals surface area contributed by atoms with E-state index in [2.05, 4.69) is 0 Å². The number of amides is 1. The lowest BCUT2D eigenvalue weighted by Gasteiger charge is -2.25. The predicted octanol–water partition coefficient (Wildman–Crippen LogP) is 5.59. The van der Waals surface area contributed by atoms with Crippen LogP contribution in [0.15, 0.2) is 75.9 Å². The van der Waals surface area contributed by atoms with Crippen molar-refractivity contribution in [2.75, 3.05) is 18.6 Å². The Morgan fingerprint density at radius 2 is 1.59 bits per heavy atom. The molecule has 1 amide bonds. The molecule has 0 N–H and O–H groups in total. The Balaban J connectivity index is 1.62. The zero-order chi connectivity index (χ0) is 27.7. The minimum atomic E-state index is -0.817. The van der Waals surface area contributed by atoms with Crippen LogP contribution in [0.2, 0.25) is 0 Å². The van der Waals surface area contributed by atoms with Gasteiger partial charge in [0.25, 0.3) is 5.91 Å². The number of rotatable bonds is 7. The molecular weight excluding hydrogens is 498 g/mol. The van der Waals surface area contributed by atoms with E-state index in [1.54, 1.807) is 60.7 Å². The Labute approximate surface area is 224 Å². The fourth-order valence-electron chi connectivity index (χ4n) is 4.74. The molecule has 4 aromatic rings. The summed E-state index contributed by atoms with van der Waals surface area (Å²) in [6.07, 6.45) is 1.68. The minimum Gasteiger partial charge on any atom is -0.465 e. The Morgan fingerprint density at radius 1 is 0.923 bits per heavy atom. The van der Waals surface area contributed by atoms with Crippen LogP contribution in [0, 0.1) is 6.92 Å². The van der Waals surface area contributed by atoms with E-state index >= 15 is 0 Å². The van der Waals surface area contributed by atoms with Gasteiger partial charge in [-0.15, -0.1) is 0 Å². The van der Waals surface area contributed by atoms with E-state index in [0.29, 0.717) is 40.0 Å². The van der Waals surface area contributed by atoms with E-state index in [-0.39, 0.29) is 16.8 Å². The van der Waals surface area contributed by atoms with Crippen LogP contribution in [0.5, 0.6) is 0 Å². The normalized spacial score (nSPS) is 14.4. The van der Waals surface area contributed by atoms with Gasteiger partial charge in [0.2, 0.25) is 5.76 Å². The maximum atomic E-state index is 13.8. The molecule has 0 radical (unpaired) electrons. The standard InChI is InChI=1S/C31H27NO7/c1-4-5-16-38-31(36)21-11-13-22(14-12-21)32-26(19-7-9-20(10-8-19)30(35)37-3)25-27(33)23-17-18(2)6-15-24(23)39-28(25)29(32)34/h6-15,17,26H,4-5,16H2,1-3H3. The quantitative estimate of drug-likeness (QED) is 0.229. The molecule has 8 heteroatoms. The first-order valence-corrected chi connectivity index (χ1v) is 12.7. The summed E-state index contributed by atoms with van der Waals surface area (Å²) in [7, 11) is 1.30. The van der Waals surface area contributed by atoms with Crippen molar-refractivity contribution < 1.29 is 28.3 Å². The fraction of sp³-hybridized carbons (Fsp3) is 0.226. The second kappa shape index (κ2) is 10.6. The van der Waals surface area contributed by atoms with Gasteiger partial charge in [-0.1, -0.05) is 37.1 Å². The van der Waals surface area contributed by atoms with Crippen LogP contribution in [-0.4, -0.2) is 31.6 Å². The highest BCUT2D eigenvalue weighted by atomic mass is 16.5. The summed E-state index contributed by atoms with van der Waals surface area (Å²) in [6, 6.07) is 17.4. The second-order valence-corrected chi connectivity index (χ2v) is 9.40. The van der Waals surface area contributed by atoms with E-state index in [0.717, 1.165) is 18.4 Å². The lowest BCUT2D eigenvalue weighted by molar-refractivity contribution is 0.0499. The molecule has 2 heterocycles. The Hall–Kier alpha value is -4.72. The monoisotopic (exact) mass is 525 g/mol. The Kier molecular flexibility index (Phi) is 7.02. The van der Waals surface area contributed by atoms with Crippen molar-refractivity contribution in [2.45, 2.75) is 32.7 Å². The molecule has 0 aliphatic carbocycles. The number of esters is 2. The number of hydrogen-bond donors (Lipinski definition) is 0. The van der Waals surface area contributed by atoms with Crippen LogP contribution in [0.3, 0.4) is 0 Å². The summed E-state index contributed by atoms with van der Waals surface area (Å²) in [5.74, 6) is -1.46. The third kappa shape index (κ3) is 4.69. The molecule has 1 atom stereocenters. The van der Waals surface area contributed by atoms with E-state index in [4.69, 9.17) is 13.9 Å². The average molecular weight is 526 g/mol. The lowest BCUT2D eigenvalue weighted by Crippen LogP contribution is -2.29. The second-order valence-electron chi connectivity index (χ2n) is 9.40. The van der Waals surface area contributed by atoms with Gasteiger partial charge < -0.3 is 13.9 Å². The molecule has 0 spiro atoms. The number of aryl methyl sites for hydroxylation is 1. The molecule has 1 aromatic heterocycles. The topological polar surface area (TPSA) is 103 Å².